The van der Waals surface area contributed by atoms with E-state index in [0.29, 0.717) is 6.04 Å². The maximum Gasteiger partial charge on any atom is 0.133 e. The lowest BCUT2D eigenvalue weighted by molar-refractivity contribution is 0.606. The Bertz CT molecular complexity index is 464. The van der Waals surface area contributed by atoms with Crippen molar-refractivity contribution in [1.29, 1.82) is 0 Å². The zero-order valence-corrected chi connectivity index (χ0v) is 12.4. The van der Waals surface area contributed by atoms with Gasteiger partial charge in [-0.2, -0.15) is 0 Å². The molecule has 0 fully saturated rings. The fourth-order valence-corrected chi connectivity index (χ4v) is 3.83. The number of thiazole rings is 1. The van der Waals surface area contributed by atoms with Crippen LogP contribution < -0.4 is 5.32 Å². The van der Waals surface area contributed by atoms with Gasteiger partial charge in [-0.15, -0.1) is 22.7 Å². The predicted octanol–water partition coefficient (Wildman–Crippen LogP) is 4.30. The lowest BCUT2D eigenvalue weighted by atomic mass is 10.3. The molecule has 1 unspecified atom stereocenters. The summed E-state index contributed by atoms with van der Waals surface area (Å²) in [5.41, 5.74) is 0. The molecule has 0 spiro atoms. The first-order valence-electron chi connectivity index (χ1n) is 5.15. The second kappa shape index (κ2) is 5.40. The standard InChI is InChI=1S/C11H13BrN2S2/c1-3-13-7(2)9-6-14-11(16-9)8-4-5-10(12)15-8/h4-7,13H,3H2,1-2H3. The lowest BCUT2D eigenvalue weighted by Gasteiger charge is -2.07. The van der Waals surface area contributed by atoms with Gasteiger partial charge in [0.2, 0.25) is 0 Å². The summed E-state index contributed by atoms with van der Waals surface area (Å²) < 4.78 is 1.15. The van der Waals surface area contributed by atoms with Crippen molar-refractivity contribution < 1.29 is 0 Å². The number of hydrogen-bond acceptors (Lipinski definition) is 4. The summed E-state index contributed by atoms with van der Waals surface area (Å²) >= 11 is 6.96. The van der Waals surface area contributed by atoms with Gasteiger partial charge in [-0.3, -0.25) is 0 Å². The number of hydrogen-bond donors (Lipinski definition) is 1. The van der Waals surface area contributed by atoms with Crippen LogP contribution in [0.2, 0.25) is 0 Å². The van der Waals surface area contributed by atoms with E-state index < -0.39 is 0 Å². The van der Waals surface area contributed by atoms with E-state index in [0.717, 1.165) is 15.3 Å². The van der Waals surface area contributed by atoms with Crippen molar-refractivity contribution >= 4 is 38.6 Å². The van der Waals surface area contributed by atoms with Crippen LogP contribution in [0.5, 0.6) is 0 Å². The molecule has 2 aromatic rings. The van der Waals surface area contributed by atoms with Gasteiger partial charge in [0.1, 0.15) is 5.01 Å². The van der Waals surface area contributed by atoms with Crippen LogP contribution in [0.15, 0.2) is 22.1 Å². The van der Waals surface area contributed by atoms with Gasteiger partial charge in [0, 0.05) is 17.1 Å². The smallest absolute Gasteiger partial charge is 0.133 e. The first kappa shape index (κ1) is 12.2. The van der Waals surface area contributed by atoms with Crippen molar-refractivity contribution in [1.82, 2.24) is 10.3 Å². The molecule has 16 heavy (non-hydrogen) atoms. The zero-order chi connectivity index (χ0) is 11.5. The fraction of sp³-hybridized carbons (Fsp3) is 0.364. The van der Waals surface area contributed by atoms with Gasteiger partial charge in [0.15, 0.2) is 0 Å². The summed E-state index contributed by atoms with van der Waals surface area (Å²) in [4.78, 5) is 6.99. The van der Waals surface area contributed by atoms with E-state index in [1.807, 2.05) is 6.20 Å². The summed E-state index contributed by atoms with van der Waals surface area (Å²) in [5.74, 6) is 0. The highest BCUT2D eigenvalue weighted by molar-refractivity contribution is 9.11. The second-order valence-corrected chi connectivity index (χ2v) is 6.98. The Morgan fingerprint density at radius 1 is 1.44 bits per heavy atom. The van der Waals surface area contributed by atoms with Gasteiger partial charge in [0.25, 0.3) is 0 Å². The molecule has 2 rings (SSSR count). The molecular formula is C11H13BrN2S2. The minimum absolute atomic E-state index is 0.389. The third kappa shape index (κ3) is 2.71. The van der Waals surface area contributed by atoms with Gasteiger partial charge in [-0.05, 0) is 41.5 Å². The van der Waals surface area contributed by atoms with E-state index in [9.17, 15) is 0 Å². The highest BCUT2D eigenvalue weighted by atomic mass is 79.9. The Morgan fingerprint density at radius 3 is 2.88 bits per heavy atom. The molecule has 0 saturated carbocycles. The Morgan fingerprint density at radius 2 is 2.25 bits per heavy atom. The number of halogens is 1. The van der Waals surface area contributed by atoms with Crippen LogP contribution in [-0.4, -0.2) is 11.5 Å². The van der Waals surface area contributed by atoms with Gasteiger partial charge in [-0.1, -0.05) is 6.92 Å². The Kier molecular flexibility index (Phi) is 4.13. The third-order valence-corrected chi connectivity index (χ3v) is 5.22. The monoisotopic (exact) mass is 316 g/mol. The summed E-state index contributed by atoms with van der Waals surface area (Å²) in [6, 6.07) is 4.56. The van der Waals surface area contributed by atoms with Crippen LogP contribution in [0.3, 0.4) is 0 Å². The number of rotatable bonds is 4. The van der Waals surface area contributed by atoms with Crippen molar-refractivity contribution in [2.45, 2.75) is 19.9 Å². The van der Waals surface area contributed by atoms with Crippen LogP contribution in [0.25, 0.3) is 9.88 Å². The van der Waals surface area contributed by atoms with E-state index in [1.54, 1.807) is 22.7 Å². The molecule has 0 saturated heterocycles. The number of aromatic nitrogens is 1. The zero-order valence-electron chi connectivity index (χ0n) is 9.16. The average Bonchev–Trinajstić information content (AvgIpc) is 2.85. The minimum atomic E-state index is 0.389. The molecule has 1 N–H and O–H groups in total. The van der Waals surface area contributed by atoms with E-state index in [-0.39, 0.29) is 0 Å². The molecule has 2 heterocycles. The predicted molar refractivity (Wildman–Crippen MR) is 75.2 cm³/mol. The van der Waals surface area contributed by atoms with E-state index in [2.05, 4.69) is 52.2 Å². The molecule has 0 radical (unpaired) electrons. The first-order valence-corrected chi connectivity index (χ1v) is 7.58. The number of thiophene rings is 1. The molecule has 0 aliphatic rings. The van der Waals surface area contributed by atoms with Gasteiger partial charge < -0.3 is 5.32 Å². The summed E-state index contributed by atoms with van der Waals surface area (Å²) in [5, 5.41) is 4.50. The molecule has 2 aromatic heterocycles. The van der Waals surface area contributed by atoms with Crippen molar-refractivity contribution in [2.75, 3.05) is 6.54 Å². The Labute approximate surface area is 112 Å². The molecule has 5 heteroatoms. The van der Waals surface area contributed by atoms with Gasteiger partial charge >= 0.3 is 0 Å². The van der Waals surface area contributed by atoms with E-state index >= 15 is 0 Å². The van der Waals surface area contributed by atoms with Crippen LogP contribution in [-0.2, 0) is 0 Å². The topological polar surface area (TPSA) is 24.9 Å². The largest absolute Gasteiger partial charge is 0.310 e. The van der Waals surface area contributed by atoms with Crippen molar-refractivity contribution in [3.8, 4) is 9.88 Å². The maximum absolute atomic E-state index is 4.47. The summed E-state index contributed by atoms with van der Waals surface area (Å²) in [6.07, 6.45) is 1.97. The number of nitrogens with one attached hydrogen (secondary N) is 1. The first-order chi connectivity index (χ1) is 7.70. The van der Waals surface area contributed by atoms with Gasteiger partial charge in [-0.25, -0.2) is 4.98 Å². The SMILES string of the molecule is CCNC(C)c1cnc(-c2ccc(Br)s2)s1. The van der Waals surface area contributed by atoms with Gasteiger partial charge in [0.05, 0.1) is 8.66 Å². The lowest BCUT2D eigenvalue weighted by Crippen LogP contribution is -2.16. The molecule has 0 bridgehead atoms. The maximum atomic E-state index is 4.47. The van der Waals surface area contributed by atoms with Crippen LogP contribution >= 0.6 is 38.6 Å². The molecule has 86 valence electrons. The normalized spacial score (nSPS) is 12.9. The molecule has 2 nitrogen and oxygen atoms in total. The Hall–Kier alpha value is -0.230. The van der Waals surface area contributed by atoms with Crippen molar-refractivity contribution in [3.63, 3.8) is 0 Å². The van der Waals surface area contributed by atoms with Crippen LogP contribution in [0.4, 0.5) is 0 Å². The molecule has 0 aliphatic heterocycles. The minimum Gasteiger partial charge on any atom is -0.310 e. The van der Waals surface area contributed by atoms with Crippen molar-refractivity contribution in [3.05, 3.63) is 27.0 Å². The van der Waals surface area contributed by atoms with Crippen molar-refractivity contribution in [2.24, 2.45) is 0 Å². The fourth-order valence-electron chi connectivity index (χ4n) is 1.44. The van der Waals surface area contributed by atoms with E-state index in [1.165, 1.54) is 9.75 Å². The van der Waals surface area contributed by atoms with E-state index in [4.69, 9.17) is 0 Å². The quantitative estimate of drug-likeness (QED) is 0.909. The molecule has 0 aromatic carbocycles. The molecule has 0 aliphatic carbocycles. The highest BCUT2D eigenvalue weighted by Gasteiger charge is 2.11. The van der Waals surface area contributed by atoms with Crippen LogP contribution in [0.1, 0.15) is 24.8 Å². The summed E-state index contributed by atoms with van der Waals surface area (Å²) in [7, 11) is 0. The highest BCUT2D eigenvalue weighted by Crippen LogP contribution is 2.35. The number of nitrogens with zero attached hydrogens (tertiary/aromatic N) is 1. The third-order valence-electron chi connectivity index (χ3n) is 2.24. The molecule has 0 amide bonds. The molecular weight excluding hydrogens is 304 g/mol. The van der Waals surface area contributed by atoms with Crippen LogP contribution in [0, 0.1) is 0 Å². The average molecular weight is 317 g/mol. The second-order valence-electron chi connectivity index (χ2n) is 3.45. The Balaban J connectivity index is 2.19. The molecule has 1 atom stereocenters. The summed E-state index contributed by atoms with van der Waals surface area (Å²) in [6.45, 7) is 5.28.